The van der Waals surface area contributed by atoms with E-state index in [9.17, 15) is 5.11 Å². The molecule has 2 unspecified atom stereocenters. The van der Waals surface area contributed by atoms with Crippen molar-refractivity contribution in [2.24, 2.45) is 0 Å². The second-order valence-corrected chi connectivity index (χ2v) is 6.32. The minimum atomic E-state index is -0.490. The number of hydrogen-bond donors (Lipinski definition) is 3. The van der Waals surface area contributed by atoms with Gasteiger partial charge in [-0.05, 0) is 49.7 Å². The van der Waals surface area contributed by atoms with Gasteiger partial charge in [0, 0.05) is 12.6 Å². The van der Waals surface area contributed by atoms with Crippen molar-refractivity contribution in [2.45, 2.75) is 32.0 Å². The van der Waals surface area contributed by atoms with Crippen LogP contribution in [0.4, 0.5) is 0 Å². The fraction of sp³-hybridized carbons (Fsp3) is 0.429. The summed E-state index contributed by atoms with van der Waals surface area (Å²) in [4.78, 5) is 0. The molecule has 0 amide bonds. The second-order valence-electron chi connectivity index (χ2n) is 6.32. The van der Waals surface area contributed by atoms with E-state index in [4.69, 9.17) is 9.47 Å². The van der Waals surface area contributed by atoms with E-state index >= 15 is 0 Å². The van der Waals surface area contributed by atoms with E-state index in [1.54, 1.807) is 14.2 Å². The van der Waals surface area contributed by atoms with E-state index in [1.165, 1.54) is 0 Å². The number of rotatable bonds is 11. The minimum Gasteiger partial charge on any atom is -0.493 e. The lowest BCUT2D eigenvalue weighted by Gasteiger charge is -2.20. The van der Waals surface area contributed by atoms with Crippen LogP contribution in [0.3, 0.4) is 0 Å². The molecule has 142 valence electrons. The first kappa shape index (κ1) is 20.2. The first-order valence-electron chi connectivity index (χ1n) is 9.03. The first-order valence-corrected chi connectivity index (χ1v) is 9.03. The maximum Gasteiger partial charge on any atom is 0.161 e. The highest BCUT2D eigenvalue weighted by Gasteiger charge is 2.14. The molecule has 0 heterocycles. The van der Waals surface area contributed by atoms with Crippen LogP contribution in [0, 0.1) is 0 Å². The highest BCUT2D eigenvalue weighted by molar-refractivity contribution is 5.42. The largest absolute Gasteiger partial charge is 0.493 e. The Hall–Kier alpha value is -2.08. The smallest absolute Gasteiger partial charge is 0.161 e. The maximum atomic E-state index is 10.3. The van der Waals surface area contributed by atoms with E-state index in [2.05, 4.69) is 10.6 Å². The lowest BCUT2D eigenvalue weighted by atomic mass is 10.0. The van der Waals surface area contributed by atoms with Gasteiger partial charge in [-0.15, -0.1) is 0 Å². The van der Waals surface area contributed by atoms with Crippen molar-refractivity contribution in [3.63, 3.8) is 0 Å². The summed E-state index contributed by atoms with van der Waals surface area (Å²) in [7, 11) is 3.28. The van der Waals surface area contributed by atoms with Crippen molar-refractivity contribution in [1.29, 1.82) is 0 Å². The van der Waals surface area contributed by atoms with Crippen LogP contribution in [-0.2, 0) is 6.54 Å². The summed E-state index contributed by atoms with van der Waals surface area (Å²) in [5.74, 6) is 1.49. The molecule has 5 nitrogen and oxygen atoms in total. The van der Waals surface area contributed by atoms with Gasteiger partial charge in [0.2, 0.25) is 0 Å². The summed E-state index contributed by atoms with van der Waals surface area (Å²) in [5.41, 5.74) is 2.10. The zero-order valence-electron chi connectivity index (χ0n) is 15.9. The average molecular weight is 358 g/mol. The molecule has 2 atom stereocenters. The molecule has 0 aliphatic carbocycles. The molecule has 26 heavy (non-hydrogen) atoms. The zero-order chi connectivity index (χ0) is 18.8. The van der Waals surface area contributed by atoms with Crippen LogP contribution >= 0.6 is 0 Å². The van der Waals surface area contributed by atoms with E-state index < -0.39 is 6.10 Å². The summed E-state index contributed by atoms with van der Waals surface area (Å²) < 4.78 is 10.6. The third-order valence-electron chi connectivity index (χ3n) is 4.39. The molecule has 0 fully saturated rings. The Morgan fingerprint density at radius 1 is 0.962 bits per heavy atom. The molecule has 0 bridgehead atoms. The molecular formula is C21H30N2O3. The number of methoxy groups -OCH3 is 2. The predicted molar refractivity (Wildman–Crippen MR) is 105 cm³/mol. The normalized spacial score (nSPS) is 13.2. The highest BCUT2D eigenvalue weighted by Crippen LogP contribution is 2.27. The number of benzene rings is 2. The van der Waals surface area contributed by atoms with Gasteiger partial charge in [0.1, 0.15) is 0 Å². The second kappa shape index (κ2) is 10.8. The van der Waals surface area contributed by atoms with Gasteiger partial charge in [0.15, 0.2) is 11.5 Å². The molecule has 3 N–H and O–H groups in total. The fourth-order valence-electron chi connectivity index (χ4n) is 2.82. The van der Waals surface area contributed by atoms with Gasteiger partial charge in [0.05, 0.1) is 20.3 Å². The van der Waals surface area contributed by atoms with E-state index in [1.807, 2.05) is 55.5 Å². The lowest BCUT2D eigenvalue weighted by Crippen LogP contribution is -2.34. The van der Waals surface area contributed by atoms with Gasteiger partial charge in [0.25, 0.3) is 0 Å². The molecule has 0 spiro atoms. The van der Waals surface area contributed by atoms with Crippen molar-refractivity contribution in [1.82, 2.24) is 10.6 Å². The third kappa shape index (κ3) is 6.02. The monoisotopic (exact) mass is 358 g/mol. The first-order chi connectivity index (χ1) is 12.7. The van der Waals surface area contributed by atoms with Gasteiger partial charge in [-0.25, -0.2) is 0 Å². The highest BCUT2D eigenvalue weighted by atomic mass is 16.5. The minimum absolute atomic E-state index is 0.0169. The van der Waals surface area contributed by atoms with Gasteiger partial charge in [-0.3, -0.25) is 0 Å². The SMILES string of the molecule is COc1ccc(CNCCCNC(C)C(O)c2ccccc2)cc1OC. The number of aliphatic hydroxyl groups is 1. The molecule has 0 radical (unpaired) electrons. The Labute approximate surface area is 156 Å². The Balaban J connectivity index is 1.65. The molecule has 0 aliphatic heterocycles. The number of nitrogens with one attached hydrogen (secondary N) is 2. The summed E-state index contributed by atoms with van der Waals surface area (Å²) in [6.45, 7) is 4.54. The van der Waals surface area contributed by atoms with Gasteiger partial charge in [-0.1, -0.05) is 36.4 Å². The molecule has 2 aromatic rings. The molecule has 2 aromatic carbocycles. The number of hydrogen-bond acceptors (Lipinski definition) is 5. The molecule has 0 aromatic heterocycles. The average Bonchev–Trinajstić information content (AvgIpc) is 2.70. The molecule has 5 heteroatoms. The van der Waals surface area contributed by atoms with Gasteiger partial charge < -0.3 is 25.2 Å². The molecule has 0 saturated carbocycles. The molecule has 0 aliphatic rings. The maximum absolute atomic E-state index is 10.3. The Morgan fingerprint density at radius 3 is 2.38 bits per heavy atom. The van der Waals surface area contributed by atoms with Crippen LogP contribution in [0.2, 0.25) is 0 Å². The Morgan fingerprint density at radius 2 is 1.69 bits per heavy atom. The van der Waals surface area contributed by atoms with E-state index in [0.717, 1.165) is 48.7 Å². The lowest BCUT2D eigenvalue weighted by molar-refractivity contribution is 0.136. The quantitative estimate of drug-likeness (QED) is 0.539. The topological polar surface area (TPSA) is 62.8 Å². The molecule has 2 rings (SSSR count). The van der Waals surface area contributed by atoms with Crippen LogP contribution < -0.4 is 20.1 Å². The van der Waals surface area contributed by atoms with Crippen molar-refractivity contribution in [2.75, 3.05) is 27.3 Å². The zero-order valence-corrected chi connectivity index (χ0v) is 15.9. The molecular weight excluding hydrogens is 328 g/mol. The third-order valence-corrected chi connectivity index (χ3v) is 4.39. The van der Waals surface area contributed by atoms with Crippen LogP contribution in [-0.4, -0.2) is 38.5 Å². The van der Waals surface area contributed by atoms with Crippen molar-refractivity contribution in [3.05, 3.63) is 59.7 Å². The van der Waals surface area contributed by atoms with Gasteiger partial charge in [-0.2, -0.15) is 0 Å². The number of aliphatic hydroxyl groups excluding tert-OH is 1. The fourth-order valence-corrected chi connectivity index (χ4v) is 2.82. The Bertz CT molecular complexity index is 649. The predicted octanol–water partition coefficient (Wildman–Crippen LogP) is 2.90. The number of ether oxygens (including phenoxy) is 2. The van der Waals surface area contributed by atoms with E-state index in [-0.39, 0.29) is 6.04 Å². The van der Waals surface area contributed by atoms with Crippen molar-refractivity contribution in [3.8, 4) is 11.5 Å². The van der Waals surface area contributed by atoms with Crippen LogP contribution in [0.5, 0.6) is 11.5 Å². The van der Waals surface area contributed by atoms with E-state index in [0.29, 0.717) is 0 Å². The summed E-state index contributed by atoms with van der Waals surface area (Å²) in [6, 6.07) is 15.7. The Kier molecular flexibility index (Phi) is 8.41. The summed E-state index contributed by atoms with van der Waals surface area (Å²) >= 11 is 0. The summed E-state index contributed by atoms with van der Waals surface area (Å²) in [6.07, 6.45) is 0.495. The van der Waals surface area contributed by atoms with Crippen molar-refractivity contribution >= 4 is 0 Å². The van der Waals surface area contributed by atoms with Crippen LogP contribution in [0.1, 0.15) is 30.6 Å². The standard InChI is InChI=1S/C21H30N2O3/c1-16(21(24)18-8-5-4-6-9-18)23-13-7-12-22-15-17-10-11-19(25-2)20(14-17)26-3/h4-6,8-11,14,16,21-24H,7,12-13,15H2,1-3H3. The van der Waals surface area contributed by atoms with Crippen molar-refractivity contribution < 1.29 is 14.6 Å². The van der Waals surface area contributed by atoms with Gasteiger partial charge >= 0.3 is 0 Å². The van der Waals surface area contributed by atoms with Crippen LogP contribution in [0.15, 0.2) is 48.5 Å². The van der Waals surface area contributed by atoms with Crippen LogP contribution in [0.25, 0.3) is 0 Å². The molecule has 0 saturated heterocycles. The summed E-state index contributed by atoms with van der Waals surface area (Å²) in [5, 5.41) is 17.1.